The molecule has 1 aromatic carbocycles. The van der Waals surface area contributed by atoms with E-state index in [2.05, 4.69) is 10.3 Å². The van der Waals surface area contributed by atoms with E-state index in [-0.39, 0.29) is 24.2 Å². The molecule has 6 nitrogen and oxygen atoms in total. The molecule has 22 heavy (non-hydrogen) atoms. The second kappa shape index (κ2) is 5.76. The number of amides is 1. The predicted octanol–water partition coefficient (Wildman–Crippen LogP) is 2.09. The van der Waals surface area contributed by atoms with Crippen LogP contribution in [0.3, 0.4) is 0 Å². The van der Waals surface area contributed by atoms with Gasteiger partial charge in [-0.15, -0.1) is 11.3 Å². The molecule has 1 amide bonds. The molecule has 1 aliphatic heterocycles. The van der Waals surface area contributed by atoms with Crippen LogP contribution in [0.2, 0.25) is 0 Å². The van der Waals surface area contributed by atoms with Gasteiger partial charge in [0.05, 0.1) is 6.54 Å². The number of carbonyl (C=O) groups is 2. The normalized spacial score (nSPS) is 16.0. The van der Waals surface area contributed by atoms with Crippen LogP contribution in [0.4, 0.5) is 0 Å². The number of nitrogens with zero attached hydrogens (tertiary/aromatic N) is 1. The van der Waals surface area contributed by atoms with Crippen LogP contribution in [-0.4, -0.2) is 28.1 Å². The van der Waals surface area contributed by atoms with Crippen molar-refractivity contribution in [3.63, 3.8) is 0 Å². The first-order chi connectivity index (χ1) is 10.5. The minimum absolute atomic E-state index is 0.00193. The van der Waals surface area contributed by atoms with E-state index in [9.17, 15) is 9.59 Å². The molecule has 7 heteroatoms. The standard InChI is InChI=1S/C15H14N2O4S/c1-8-4-10-5-9(2-3-12(10)21-8)14(18)16-6-13-17-11(7-22-13)15(19)20/h2-3,5,7-8H,4,6H2,1H3,(H,16,18)(H,19,20). The topological polar surface area (TPSA) is 88.5 Å². The maximum Gasteiger partial charge on any atom is 0.355 e. The number of hydrogen-bond acceptors (Lipinski definition) is 5. The van der Waals surface area contributed by atoms with Crippen molar-refractivity contribution in [2.45, 2.75) is 26.0 Å². The first kappa shape index (κ1) is 14.5. The average Bonchev–Trinajstić information content (AvgIpc) is 3.09. The van der Waals surface area contributed by atoms with E-state index in [4.69, 9.17) is 9.84 Å². The zero-order valence-electron chi connectivity index (χ0n) is 11.8. The molecule has 0 aliphatic carbocycles. The molecular formula is C15H14N2O4S. The molecule has 0 spiro atoms. The Morgan fingerprint density at radius 3 is 3.05 bits per heavy atom. The van der Waals surface area contributed by atoms with Crippen molar-refractivity contribution in [3.05, 3.63) is 45.4 Å². The molecule has 0 fully saturated rings. The first-order valence-electron chi connectivity index (χ1n) is 6.78. The molecule has 3 rings (SSSR count). The number of thiazole rings is 1. The summed E-state index contributed by atoms with van der Waals surface area (Å²) in [4.78, 5) is 26.8. The molecule has 114 valence electrons. The highest BCUT2D eigenvalue weighted by molar-refractivity contribution is 7.09. The van der Waals surface area contributed by atoms with E-state index in [1.54, 1.807) is 12.1 Å². The van der Waals surface area contributed by atoms with Gasteiger partial charge in [0, 0.05) is 17.4 Å². The molecule has 0 saturated heterocycles. The SMILES string of the molecule is CC1Cc2cc(C(=O)NCc3nc(C(=O)O)cs3)ccc2O1. The smallest absolute Gasteiger partial charge is 0.355 e. The number of ether oxygens (including phenoxy) is 1. The maximum atomic E-state index is 12.1. The van der Waals surface area contributed by atoms with Crippen LogP contribution in [0.25, 0.3) is 0 Å². The zero-order valence-corrected chi connectivity index (χ0v) is 12.6. The van der Waals surface area contributed by atoms with E-state index < -0.39 is 5.97 Å². The number of rotatable bonds is 4. The van der Waals surface area contributed by atoms with Crippen molar-refractivity contribution < 1.29 is 19.4 Å². The van der Waals surface area contributed by atoms with Crippen LogP contribution < -0.4 is 10.1 Å². The lowest BCUT2D eigenvalue weighted by atomic mass is 10.1. The highest BCUT2D eigenvalue weighted by Gasteiger charge is 2.20. The molecule has 2 heterocycles. The van der Waals surface area contributed by atoms with Gasteiger partial charge < -0.3 is 15.2 Å². The zero-order chi connectivity index (χ0) is 15.7. The number of carbonyl (C=O) groups excluding carboxylic acids is 1. The van der Waals surface area contributed by atoms with E-state index in [1.807, 2.05) is 13.0 Å². The van der Waals surface area contributed by atoms with Gasteiger partial charge >= 0.3 is 5.97 Å². The minimum atomic E-state index is -1.07. The fourth-order valence-corrected chi connectivity index (χ4v) is 3.02. The van der Waals surface area contributed by atoms with Crippen molar-refractivity contribution in [1.29, 1.82) is 0 Å². The Bertz CT molecular complexity index is 741. The third kappa shape index (κ3) is 2.94. The van der Waals surface area contributed by atoms with Gasteiger partial charge in [-0.05, 0) is 30.7 Å². The number of fused-ring (bicyclic) bond motifs is 1. The third-order valence-corrected chi connectivity index (χ3v) is 4.18. The quantitative estimate of drug-likeness (QED) is 0.901. The highest BCUT2D eigenvalue weighted by Crippen LogP contribution is 2.29. The van der Waals surface area contributed by atoms with Gasteiger partial charge in [-0.2, -0.15) is 0 Å². The lowest BCUT2D eigenvalue weighted by molar-refractivity contribution is 0.0691. The molecule has 2 N–H and O–H groups in total. The third-order valence-electron chi connectivity index (χ3n) is 3.33. The summed E-state index contributed by atoms with van der Waals surface area (Å²) in [5.41, 5.74) is 1.59. The number of aromatic carboxylic acids is 1. The number of hydrogen-bond donors (Lipinski definition) is 2. The first-order valence-corrected chi connectivity index (χ1v) is 7.66. The molecule has 0 bridgehead atoms. The Balaban J connectivity index is 1.65. The molecule has 1 atom stereocenters. The second-order valence-corrected chi connectivity index (χ2v) is 6.01. The van der Waals surface area contributed by atoms with Crippen molar-refractivity contribution in [2.75, 3.05) is 0 Å². The fraction of sp³-hybridized carbons (Fsp3) is 0.267. The number of carboxylic acid groups (broad SMARTS) is 1. The molecule has 0 radical (unpaired) electrons. The van der Waals surface area contributed by atoms with Crippen molar-refractivity contribution in [1.82, 2.24) is 10.3 Å². The fourth-order valence-electron chi connectivity index (χ4n) is 2.31. The summed E-state index contributed by atoms with van der Waals surface area (Å²) in [7, 11) is 0. The predicted molar refractivity (Wildman–Crippen MR) is 80.5 cm³/mol. The minimum Gasteiger partial charge on any atom is -0.490 e. The average molecular weight is 318 g/mol. The summed E-state index contributed by atoms with van der Waals surface area (Å²) in [6, 6.07) is 5.36. The summed E-state index contributed by atoms with van der Waals surface area (Å²) < 4.78 is 5.60. The summed E-state index contributed by atoms with van der Waals surface area (Å²) >= 11 is 1.21. The van der Waals surface area contributed by atoms with Crippen LogP contribution in [-0.2, 0) is 13.0 Å². The van der Waals surface area contributed by atoms with Crippen LogP contribution in [0.1, 0.15) is 38.3 Å². The van der Waals surface area contributed by atoms with Crippen molar-refractivity contribution in [2.24, 2.45) is 0 Å². The molecular weight excluding hydrogens is 304 g/mol. The van der Waals surface area contributed by atoms with Gasteiger partial charge in [0.2, 0.25) is 0 Å². The van der Waals surface area contributed by atoms with Crippen LogP contribution in [0.15, 0.2) is 23.6 Å². The van der Waals surface area contributed by atoms with Gasteiger partial charge in [0.25, 0.3) is 5.91 Å². The number of benzene rings is 1. The molecule has 1 aliphatic rings. The highest BCUT2D eigenvalue weighted by atomic mass is 32.1. The van der Waals surface area contributed by atoms with Gasteiger partial charge in [0.15, 0.2) is 5.69 Å². The Labute approximate surface area is 130 Å². The van der Waals surface area contributed by atoms with E-state index in [0.29, 0.717) is 10.6 Å². The molecule has 2 aromatic rings. The number of nitrogens with one attached hydrogen (secondary N) is 1. The van der Waals surface area contributed by atoms with E-state index in [0.717, 1.165) is 17.7 Å². The van der Waals surface area contributed by atoms with Gasteiger partial charge in [-0.1, -0.05) is 0 Å². The lowest BCUT2D eigenvalue weighted by Crippen LogP contribution is -2.22. The van der Waals surface area contributed by atoms with E-state index >= 15 is 0 Å². The van der Waals surface area contributed by atoms with Gasteiger partial charge in [-0.25, -0.2) is 9.78 Å². The number of carboxylic acids is 1. The van der Waals surface area contributed by atoms with Crippen LogP contribution in [0.5, 0.6) is 5.75 Å². The Hall–Kier alpha value is -2.41. The summed E-state index contributed by atoms with van der Waals surface area (Å²) in [6.45, 7) is 2.20. The molecule has 1 aromatic heterocycles. The van der Waals surface area contributed by atoms with Crippen LogP contribution >= 0.6 is 11.3 Å². The van der Waals surface area contributed by atoms with Crippen LogP contribution in [0, 0.1) is 0 Å². The summed E-state index contributed by atoms with van der Waals surface area (Å²) in [5, 5.41) is 13.6. The van der Waals surface area contributed by atoms with Gasteiger partial charge in [-0.3, -0.25) is 4.79 Å². The lowest BCUT2D eigenvalue weighted by Gasteiger charge is -2.05. The second-order valence-electron chi connectivity index (χ2n) is 5.07. The van der Waals surface area contributed by atoms with Crippen molar-refractivity contribution >= 4 is 23.2 Å². The Morgan fingerprint density at radius 1 is 1.50 bits per heavy atom. The van der Waals surface area contributed by atoms with E-state index in [1.165, 1.54) is 16.7 Å². The largest absolute Gasteiger partial charge is 0.490 e. The Morgan fingerprint density at radius 2 is 2.32 bits per heavy atom. The van der Waals surface area contributed by atoms with Gasteiger partial charge in [0.1, 0.15) is 16.9 Å². The molecule has 0 saturated carbocycles. The molecule has 1 unspecified atom stereocenters. The monoisotopic (exact) mass is 318 g/mol. The maximum absolute atomic E-state index is 12.1. The van der Waals surface area contributed by atoms with Crippen molar-refractivity contribution in [3.8, 4) is 5.75 Å². The summed E-state index contributed by atoms with van der Waals surface area (Å²) in [6.07, 6.45) is 0.934. The Kier molecular flexibility index (Phi) is 3.81. The number of aromatic nitrogens is 1. The summed E-state index contributed by atoms with van der Waals surface area (Å²) in [5.74, 6) is -0.453.